The molecule has 2 fully saturated rings. The molecule has 0 bridgehead atoms. The monoisotopic (exact) mass is 366 g/mol. The molecule has 2 heterocycles. The number of hydrogen-bond donors (Lipinski definition) is 0. The van der Waals surface area contributed by atoms with Crippen molar-refractivity contribution in [3.63, 3.8) is 0 Å². The van der Waals surface area contributed by atoms with Crippen molar-refractivity contribution in [2.45, 2.75) is 19.1 Å². The van der Waals surface area contributed by atoms with Gasteiger partial charge in [0.15, 0.2) is 6.29 Å². The number of amides is 1. The van der Waals surface area contributed by atoms with Crippen molar-refractivity contribution in [3.8, 4) is 0 Å². The van der Waals surface area contributed by atoms with Crippen LogP contribution in [-0.4, -0.2) is 50.4 Å². The van der Waals surface area contributed by atoms with Gasteiger partial charge in [0.05, 0.1) is 24.5 Å². The average Bonchev–Trinajstić information content (AvgIpc) is 3.28. The predicted octanol–water partition coefficient (Wildman–Crippen LogP) is 3.68. The average molecular weight is 366 g/mol. The topological polar surface area (TPSA) is 42.0 Å². The molecule has 5 nitrogen and oxygen atoms in total. The van der Waals surface area contributed by atoms with Gasteiger partial charge in [-0.3, -0.25) is 4.79 Å². The van der Waals surface area contributed by atoms with Crippen molar-refractivity contribution in [2.75, 3.05) is 38.3 Å². The van der Waals surface area contributed by atoms with E-state index in [4.69, 9.17) is 9.47 Å². The summed E-state index contributed by atoms with van der Waals surface area (Å²) in [7, 11) is 2.00. The molecule has 4 rings (SSSR count). The molecule has 2 aliphatic heterocycles. The second kappa shape index (κ2) is 8.11. The van der Waals surface area contributed by atoms with Crippen molar-refractivity contribution in [1.29, 1.82) is 0 Å². The SMILES string of the molecule is CN(c1ccccc1)c1ccccc1C(=O)N1CCCC(C2OCCO2)C1. The largest absolute Gasteiger partial charge is 0.350 e. The van der Waals surface area contributed by atoms with Gasteiger partial charge in [0, 0.05) is 31.7 Å². The number of para-hydroxylation sites is 2. The summed E-state index contributed by atoms with van der Waals surface area (Å²) < 4.78 is 11.4. The van der Waals surface area contributed by atoms with Gasteiger partial charge in [-0.05, 0) is 37.1 Å². The Morgan fingerprint density at radius 3 is 2.52 bits per heavy atom. The minimum atomic E-state index is -0.164. The molecule has 0 spiro atoms. The van der Waals surface area contributed by atoms with Crippen LogP contribution in [0.3, 0.4) is 0 Å². The highest BCUT2D eigenvalue weighted by atomic mass is 16.7. The lowest BCUT2D eigenvalue weighted by molar-refractivity contribution is -0.0969. The van der Waals surface area contributed by atoms with Gasteiger partial charge in [0.1, 0.15) is 0 Å². The number of carbonyl (C=O) groups excluding carboxylic acids is 1. The van der Waals surface area contributed by atoms with Gasteiger partial charge in [-0.25, -0.2) is 0 Å². The Bertz CT molecular complexity index is 774. The van der Waals surface area contributed by atoms with Crippen molar-refractivity contribution >= 4 is 17.3 Å². The summed E-state index contributed by atoms with van der Waals surface area (Å²) in [6, 6.07) is 17.9. The first-order valence-electron chi connectivity index (χ1n) is 9.64. The fourth-order valence-electron chi connectivity index (χ4n) is 3.97. The molecule has 2 aliphatic rings. The van der Waals surface area contributed by atoms with Crippen LogP contribution >= 0.6 is 0 Å². The van der Waals surface area contributed by atoms with E-state index in [9.17, 15) is 4.79 Å². The Hall–Kier alpha value is -2.37. The number of likely N-dealkylation sites (tertiary alicyclic amines) is 1. The van der Waals surface area contributed by atoms with E-state index in [1.807, 2.05) is 66.5 Å². The maximum Gasteiger partial charge on any atom is 0.255 e. The van der Waals surface area contributed by atoms with Crippen molar-refractivity contribution in [2.24, 2.45) is 5.92 Å². The highest BCUT2D eigenvalue weighted by molar-refractivity contribution is 6.00. The number of ether oxygens (including phenoxy) is 2. The maximum absolute atomic E-state index is 13.3. The summed E-state index contributed by atoms with van der Waals surface area (Å²) in [4.78, 5) is 17.4. The van der Waals surface area contributed by atoms with Crippen LogP contribution in [-0.2, 0) is 9.47 Å². The number of hydrogen-bond acceptors (Lipinski definition) is 4. The third kappa shape index (κ3) is 3.84. The van der Waals surface area contributed by atoms with Gasteiger partial charge in [-0.15, -0.1) is 0 Å². The van der Waals surface area contributed by atoms with E-state index in [2.05, 4.69) is 4.90 Å². The smallest absolute Gasteiger partial charge is 0.255 e. The van der Waals surface area contributed by atoms with Crippen LogP contribution in [0.4, 0.5) is 11.4 Å². The van der Waals surface area contributed by atoms with Crippen LogP contribution in [0.15, 0.2) is 54.6 Å². The van der Waals surface area contributed by atoms with Gasteiger partial charge in [0.2, 0.25) is 0 Å². The Balaban J connectivity index is 1.55. The molecule has 2 aromatic rings. The Morgan fingerprint density at radius 1 is 1.04 bits per heavy atom. The van der Waals surface area contributed by atoms with Crippen molar-refractivity contribution in [3.05, 3.63) is 60.2 Å². The molecule has 142 valence electrons. The zero-order valence-corrected chi connectivity index (χ0v) is 15.7. The van der Waals surface area contributed by atoms with E-state index >= 15 is 0 Å². The lowest BCUT2D eigenvalue weighted by atomic mass is 9.96. The van der Waals surface area contributed by atoms with Crippen LogP contribution in [0.5, 0.6) is 0 Å². The molecular weight excluding hydrogens is 340 g/mol. The minimum Gasteiger partial charge on any atom is -0.350 e. The summed E-state index contributed by atoms with van der Waals surface area (Å²) in [5, 5.41) is 0. The maximum atomic E-state index is 13.3. The number of piperidine rings is 1. The van der Waals surface area contributed by atoms with E-state index in [1.165, 1.54) is 0 Å². The molecule has 5 heteroatoms. The molecule has 2 aromatic carbocycles. The summed E-state index contributed by atoms with van der Waals surface area (Å²) in [6.45, 7) is 2.78. The van der Waals surface area contributed by atoms with E-state index in [-0.39, 0.29) is 18.1 Å². The molecule has 0 aliphatic carbocycles. The fourth-order valence-corrected chi connectivity index (χ4v) is 3.97. The van der Waals surface area contributed by atoms with E-state index in [1.54, 1.807) is 0 Å². The summed E-state index contributed by atoms with van der Waals surface area (Å²) in [6.07, 6.45) is 1.86. The second-order valence-electron chi connectivity index (χ2n) is 7.18. The first-order valence-corrected chi connectivity index (χ1v) is 9.64. The molecule has 1 atom stereocenters. The van der Waals surface area contributed by atoms with Gasteiger partial charge in [-0.1, -0.05) is 30.3 Å². The quantitative estimate of drug-likeness (QED) is 0.828. The van der Waals surface area contributed by atoms with Gasteiger partial charge in [0.25, 0.3) is 5.91 Å². The van der Waals surface area contributed by atoms with Gasteiger partial charge < -0.3 is 19.3 Å². The summed E-state index contributed by atoms with van der Waals surface area (Å²) in [5.74, 6) is 0.334. The molecule has 1 unspecified atom stereocenters. The molecule has 0 radical (unpaired) electrons. The second-order valence-corrected chi connectivity index (χ2v) is 7.18. The van der Waals surface area contributed by atoms with Crippen LogP contribution < -0.4 is 4.90 Å². The lowest BCUT2D eigenvalue weighted by Gasteiger charge is -2.35. The third-order valence-corrected chi connectivity index (χ3v) is 5.42. The zero-order valence-electron chi connectivity index (χ0n) is 15.7. The van der Waals surface area contributed by atoms with E-state index < -0.39 is 0 Å². The van der Waals surface area contributed by atoms with Crippen LogP contribution in [0.2, 0.25) is 0 Å². The number of anilines is 2. The number of nitrogens with zero attached hydrogens (tertiary/aromatic N) is 2. The van der Waals surface area contributed by atoms with Crippen LogP contribution in [0, 0.1) is 5.92 Å². The Kier molecular flexibility index (Phi) is 5.41. The van der Waals surface area contributed by atoms with Crippen LogP contribution in [0.25, 0.3) is 0 Å². The molecule has 27 heavy (non-hydrogen) atoms. The van der Waals surface area contributed by atoms with E-state index in [0.29, 0.717) is 19.8 Å². The fraction of sp³-hybridized carbons (Fsp3) is 0.409. The minimum absolute atomic E-state index is 0.0797. The van der Waals surface area contributed by atoms with E-state index in [0.717, 1.165) is 36.3 Å². The number of benzene rings is 2. The Labute approximate surface area is 160 Å². The zero-order chi connectivity index (χ0) is 18.6. The molecule has 0 N–H and O–H groups in total. The first-order chi connectivity index (χ1) is 13.2. The summed E-state index contributed by atoms with van der Waals surface area (Å²) >= 11 is 0. The molecule has 2 saturated heterocycles. The summed E-state index contributed by atoms with van der Waals surface area (Å²) in [5.41, 5.74) is 2.71. The highest BCUT2D eigenvalue weighted by Crippen LogP contribution is 2.30. The normalized spacial score (nSPS) is 20.6. The standard InChI is InChI=1S/C22H26N2O3/c1-23(18-9-3-2-4-10-18)20-12-6-5-11-19(20)21(25)24-13-7-8-17(16-24)22-26-14-15-27-22/h2-6,9-12,17,22H,7-8,13-16H2,1H3. The van der Waals surface area contributed by atoms with Crippen molar-refractivity contribution < 1.29 is 14.3 Å². The number of rotatable bonds is 4. The Morgan fingerprint density at radius 2 is 1.74 bits per heavy atom. The van der Waals surface area contributed by atoms with Crippen molar-refractivity contribution in [1.82, 2.24) is 4.90 Å². The number of carbonyl (C=O) groups is 1. The molecule has 1 amide bonds. The van der Waals surface area contributed by atoms with Gasteiger partial charge >= 0.3 is 0 Å². The lowest BCUT2D eigenvalue weighted by Crippen LogP contribution is -2.44. The third-order valence-electron chi connectivity index (χ3n) is 5.42. The predicted molar refractivity (Wildman–Crippen MR) is 105 cm³/mol. The molecule has 0 aromatic heterocycles. The highest BCUT2D eigenvalue weighted by Gasteiger charge is 2.33. The molecular formula is C22H26N2O3. The first kappa shape index (κ1) is 18.0. The molecule has 0 saturated carbocycles. The van der Waals surface area contributed by atoms with Gasteiger partial charge in [-0.2, -0.15) is 0 Å². The van der Waals surface area contributed by atoms with Crippen LogP contribution in [0.1, 0.15) is 23.2 Å².